The molecule has 26 heavy (non-hydrogen) atoms. The summed E-state index contributed by atoms with van der Waals surface area (Å²) < 4.78 is 15.6. The van der Waals surface area contributed by atoms with E-state index in [0.717, 1.165) is 22.6 Å². The highest BCUT2D eigenvalue weighted by Crippen LogP contribution is 2.28. The molecule has 2 aromatic carbocycles. The molecule has 6 nitrogen and oxygen atoms in total. The summed E-state index contributed by atoms with van der Waals surface area (Å²) >= 11 is 0. The minimum Gasteiger partial charge on any atom is -0.497 e. The Morgan fingerprint density at radius 2 is 1.62 bits per heavy atom. The number of anilines is 1. The standard InChI is InChI=1S/C20H20N2O4/c1-12-19(13(2)26-22-12)14-5-7-16(8-6-14)21-20(23)15-9-17(24-3)11-18(10-15)25-4/h5-11H,1-4H3,(H,21,23). The molecule has 0 saturated carbocycles. The first kappa shape index (κ1) is 17.5. The number of nitrogens with one attached hydrogen (secondary N) is 1. The Bertz CT molecular complexity index is 888. The Morgan fingerprint density at radius 1 is 1.00 bits per heavy atom. The van der Waals surface area contributed by atoms with Gasteiger partial charge in [0.2, 0.25) is 0 Å². The van der Waals surface area contributed by atoms with Gasteiger partial charge >= 0.3 is 0 Å². The smallest absolute Gasteiger partial charge is 0.255 e. The lowest BCUT2D eigenvalue weighted by Gasteiger charge is -2.10. The highest BCUT2D eigenvalue weighted by molar-refractivity contribution is 6.04. The number of amides is 1. The average molecular weight is 352 g/mol. The van der Waals surface area contributed by atoms with Crippen molar-refractivity contribution in [3.05, 3.63) is 59.5 Å². The fourth-order valence-electron chi connectivity index (χ4n) is 2.76. The summed E-state index contributed by atoms with van der Waals surface area (Å²) in [4.78, 5) is 12.5. The largest absolute Gasteiger partial charge is 0.497 e. The summed E-state index contributed by atoms with van der Waals surface area (Å²) in [6.45, 7) is 3.78. The molecule has 134 valence electrons. The molecule has 1 amide bonds. The van der Waals surface area contributed by atoms with Gasteiger partial charge in [-0.2, -0.15) is 0 Å². The van der Waals surface area contributed by atoms with Crippen LogP contribution >= 0.6 is 0 Å². The van der Waals surface area contributed by atoms with E-state index in [1.165, 1.54) is 0 Å². The van der Waals surface area contributed by atoms with Crippen molar-refractivity contribution in [2.75, 3.05) is 19.5 Å². The van der Waals surface area contributed by atoms with E-state index in [1.807, 2.05) is 38.1 Å². The van der Waals surface area contributed by atoms with Crippen molar-refractivity contribution in [2.24, 2.45) is 0 Å². The summed E-state index contributed by atoms with van der Waals surface area (Å²) in [5.41, 5.74) is 3.94. The molecule has 0 fully saturated rings. The number of methoxy groups -OCH3 is 2. The quantitative estimate of drug-likeness (QED) is 0.744. The van der Waals surface area contributed by atoms with Crippen molar-refractivity contribution >= 4 is 11.6 Å². The molecule has 0 bridgehead atoms. The highest BCUT2D eigenvalue weighted by Gasteiger charge is 2.13. The maximum absolute atomic E-state index is 12.5. The molecular formula is C20H20N2O4. The van der Waals surface area contributed by atoms with Crippen LogP contribution in [0.1, 0.15) is 21.8 Å². The Morgan fingerprint density at radius 3 is 2.12 bits per heavy atom. The van der Waals surface area contributed by atoms with Crippen molar-refractivity contribution in [1.29, 1.82) is 0 Å². The van der Waals surface area contributed by atoms with Crippen LogP contribution in [-0.2, 0) is 0 Å². The second kappa shape index (κ2) is 7.31. The lowest BCUT2D eigenvalue weighted by molar-refractivity contribution is 0.102. The monoisotopic (exact) mass is 352 g/mol. The fraction of sp³-hybridized carbons (Fsp3) is 0.200. The third-order valence-corrected chi connectivity index (χ3v) is 4.08. The summed E-state index contributed by atoms with van der Waals surface area (Å²) in [5.74, 6) is 1.64. The molecule has 0 atom stereocenters. The van der Waals surface area contributed by atoms with Gasteiger partial charge in [-0.05, 0) is 43.7 Å². The first-order valence-electron chi connectivity index (χ1n) is 8.09. The van der Waals surface area contributed by atoms with Gasteiger partial charge in [0.05, 0.1) is 19.9 Å². The van der Waals surface area contributed by atoms with Gasteiger partial charge in [0.25, 0.3) is 5.91 Å². The van der Waals surface area contributed by atoms with Gasteiger partial charge in [0.1, 0.15) is 17.3 Å². The molecular weight excluding hydrogens is 332 g/mol. The number of nitrogens with zero attached hydrogens (tertiary/aromatic N) is 1. The van der Waals surface area contributed by atoms with E-state index in [4.69, 9.17) is 14.0 Å². The molecule has 0 aliphatic rings. The van der Waals surface area contributed by atoms with Crippen molar-refractivity contribution < 1.29 is 18.8 Å². The SMILES string of the molecule is COc1cc(OC)cc(C(=O)Nc2ccc(-c3c(C)noc3C)cc2)c1. The number of rotatable bonds is 5. The van der Waals surface area contributed by atoms with Gasteiger partial charge < -0.3 is 19.3 Å². The van der Waals surface area contributed by atoms with Crippen molar-refractivity contribution in [3.8, 4) is 22.6 Å². The predicted octanol–water partition coefficient (Wildman–Crippen LogP) is 4.23. The van der Waals surface area contributed by atoms with E-state index < -0.39 is 0 Å². The molecule has 0 unspecified atom stereocenters. The van der Waals surface area contributed by atoms with Crippen LogP contribution in [0.2, 0.25) is 0 Å². The average Bonchev–Trinajstić information content (AvgIpc) is 3.00. The third kappa shape index (κ3) is 3.54. The van der Waals surface area contributed by atoms with Crippen LogP contribution in [0.5, 0.6) is 11.5 Å². The van der Waals surface area contributed by atoms with Crippen LogP contribution < -0.4 is 14.8 Å². The summed E-state index contributed by atoms with van der Waals surface area (Å²) in [6.07, 6.45) is 0. The molecule has 0 radical (unpaired) electrons. The molecule has 0 aliphatic carbocycles. The van der Waals surface area contributed by atoms with E-state index in [0.29, 0.717) is 22.7 Å². The fourth-order valence-corrected chi connectivity index (χ4v) is 2.76. The Hall–Kier alpha value is -3.28. The van der Waals surface area contributed by atoms with E-state index in [2.05, 4.69) is 10.5 Å². The van der Waals surface area contributed by atoms with Gasteiger partial charge in [-0.15, -0.1) is 0 Å². The van der Waals surface area contributed by atoms with Crippen LogP contribution in [-0.4, -0.2) is 25.3 Å². The first-order valence-corrected chi connectivity index (χ1v) is 8.09. The lowest BCUT2D eigenvalue weighted by Crippen LogP contribution is -2.12. The second-order valence-corrected chi connectivity index (χ2v) is 5.83. The Kier molecular flexibility index (Phi) is 4.93. The number of hydrogen-bond acceptors (Lipinski definition) is 5. The van der Waals surface area contributed by atoms with E-state index >= 15 is 0 Å². The molecule has 3 aromatic rings. The van der Waals surface area contributed by atoms with Crippen LogP contribution in [0.15, 0.2) is 47.0 Å². The second-order valence-electron chi connectivity index (χ2n) is 5.83. The molecule has 1 N–H and O–H groups in total. The predicted molar refractivity (Wildman–Crippen MR) is 98.9 cm³/mol. The van der Waals surface area contributed by atoms with Gasteiger partial charge in [-0.1, -0.05) is 17.3 Å². The summed E-state index contributed by atoms with van der Waals surface area (Å²) in [5, 5.41) is 6.84. The van der Waals surface area contributed by atoms with E-state index in [1.54, 1.807) is 32.4 Å². The zero-order chi connectivity index (χ0) is 18.7. The van der Waals surface area contributed by atoms with E-state index in [-0.39, 0.29) is 5.91 Å². The number of carbonyl (C=O) groups is 1. The number of benzene rings is 2. The number of aromatic nitrogens is 1. The van der Waals surface area contributed by atoms with Gasteiger partial charge in [0, 0.05) is 22.9 Å². The maximum Gasteiger partial charge on any atom is 0.255 e. The van der Waals surface area contributed by atoms with Crippen molar-refractivity contribution in [1.82, 2.24) is 5.16 Å². The van der Waals surface area contributed by atoms with Gasteiger partial charge in [-0.3, -0.25) is 4.79 Å². The zero-order valence-corrected chi connectivity index (χ0v) is 15.1. The minimum atomic E-state index is -0.243. The molecule has 0 saturated heterocycles. The number of hydrogen-bond donors (Lipinski definition) is 1. The van der Waals surface area contributed by atoms with E-state index in [9.17, 15) is 4.79 Å². The number of carbonyl (C=O) groups excluding carboxylic acids is 1. The van der Waals surface area contributed by atoms with Crippen molar-refractivity contribution in [3.63, 3.8) is 0 Å². The van der Waals surface area contributed by atoms with Crippen LogP contribution in [0.25, 0.3) is 11.1 Å². The van der Waals surface area contributed by atoms with Crippen LogP contribution in [0.3, 0.4) is 0 Å². The number of ether oxygens (including phenoxy) is 2. The Labute approximate surface area is 151 Å². The molecule has 1 heterocycles. The van der Waals surface area contributed by atoms with Crippen LogP contribution in [0.4, 0.5) is 5.69 Å². The third-order valence-electron chi connectivity index (χ3n) is 4.08. The normalized spacial score (nSPS) is 10.5. The Balaban J connectivity index is 1.80. The molecule has 0 spiro atoms. The highest BCUT2D eigenvalue weighted by atomic mass is 16.5. The minimum absolute atomic E-state index is 0.243. The summed E-state index contributed by atoms with van der Waals surface area (Å²) in [7, 11) is 3.09. The first-order chi connectivity index (χ1) is 12.5. The van der Waals surface area contributed by atoms with Crippen LogP contribution in [0, 0.1) is 13.8 Å². The zero-order valence-electron chi connectivity index (χ0n) is 15.1. The molecule has 3 rings (SSSR count). The van der Waals surface area contributed by atoms with Gasteiger partial charge in [0.15, 0.2) is 0 Å². The molecule has 1 aromatic heterocycles. The van der Waals surface area contributed by atoms with Crippen molar-refractivity contribution in [2.45, 2.75) is 13.8 Å². The number of aryl methyl sites for hydroxylation is 2. The molecule has 0 aliphatic heterocycles. The topological polar surface area (TPSA) is 73.6 Å². The van der Waals surface area contributed by atoms with Gasteiger partial charge in [-0.25, -0.2) is 0 Å². The molecule has 6 heteroatoms. The maximum atomic E-state index is 12.5. The summed E-state index contributed by atoms with van der Waals surface area (Å²) in [6, 6.07) is 12.6. The lowest BCUT2D eigenvalue weighted by atomic mass is 10.0.